The summed E-state index contributed by atoms with van der Waals surface area (Å²) in [5.74, 6) is -0.245. The summed E-state index contributed by atoms with van der Waals surface area (Å²) in [7, 11) is 1.62. The Morgan fingerprint density at radius 2 is 1.67 bits per heavy atom. The molecule has 0 unspecified atom stereocenters. The molecule has 3 aromatic carbocycles. The number of carbonyl (C=O) groups is 1. The first-order valence-electron chi connectivity index (χ1n) is 7.52. The molecule has 0 heterocycles. The van der Waals surface area contributed by atoms with Gasteiger partial charge >= 0.3 is 5.97 Å². The van der Waals surface area contributed by atoms with Crippen molar-refractivity contribution in [3.05, 3.63) is 78.4 Å². The maximum Gasteiger partial charge on any atom is 0.337 e. The number of aromatic carboxylic acids is 1. The quantitative estimate of drug-likeness (QED) is 0.709. The highest BCUT2D eigenvalue weighted by molar-refractivity contribution is 5.95. The van der Waals surface area contributed by atoms with E-state index in [0.717, 1.165) is 22.6 Å². The average Bonchev–Trinajstić information content (AvgIpc) is 2.62. The number of carboxylic acids is 1. The summed E-state index contributed by atoms with van der Waals surface area (Å²) < 4.78 is 5.50. The monoisotopic (exact) mass is 319 g/mol. The van der Waals surface area contributed by atoms with E-state index in [4.69, 9.17) is 4.74 Å². The Hall–Kier alpha value is -3.27. The summed E-state index contributed by atoms with van der Waals surface area (Å²) in [6, 6.07) is 22.5. The third kappa shape index (κ3) is 3.22. The van der Waals surface area contributed by atoms with Crippen LogP contribution in [0, 0.1) is 0 Å². The predicted molar refractivity (Wildman–Crippen MR) is 95.1 cm³/mol. The number of anilines is 2. The van der Waals surface area contributed by atoms with Crippen LogP contribution in [0.5, 0.6) is 5.75 Å². The van der Waals surface area contributed by atoms with Crippen LogP contribution in [0.1, 0.15) is 10.4 Å². The van der Waals surface area contributed by atoms with Gasteiger partial charge in [-0.3, -0.25) is 0 Å². The van der Waals surface area contributed by atoms with Gasteiger partial charge in [0.15, 0.2) is 0 Å². The molecule has 0 aromatic heterocycles. The second-order valence-electron chi connectivity index (χ2n) is 5.26. The van der Waals surface area contributed by atoms with Crippen molar-refractivity contribution in [2.75, 3.05) is 12.4 Å². The summed E-state index contributed by atoms with van der Waals surface area (Å²) in [5, 5.41) is 12.4. The van der Waals surface area contributed by atoms with Crippen LogP contribution in [0.2, 0.25) is 0 Å². The molecule has 0 radical (unpaired) electrons. The second kappa shape index (κ2) is 6.87. The van der Waals surface area contributed by atoms with Crippen molar-refractivity contribution < 1.29 is 14.6 Å². The second-order valence-corrected chi connectivity index (χ2v) is 5.26. The van der Waals surface area contributed by atoms with E-state index in [2.05, 4.69) is 5.32 Å². The van der Waals surface area contributed by atoms with Gasteiger partial charge < -0.3 is 15.2 Å². The SMILES string of the molecule is COc1cc(Nc2ccccc2C(=O)O)ccc1-c1ccccc1. The highest BCUT2D eigenvalue weighted by Gasteiger charge is 2.11. The maximum absolute atomic E-state index is 11.3. The molecule has 3 aromatic rings. The van der Waals surface area contributed by atoms with E-state index in [1.165, 1.54) is 0 Å². The molecule has 0 bridgehead atoms. The van der Waals surface area contributed by atoms with Gasteiger partial charge in [0.05, 0.1) is 18.4 Å². The number of methoxy groups -OCH3 is 1. The van der Waals surface area contributed by atoms with Gasteiger partial charge in [0.25, 0.3) is 0 Å². The molecule has 0 aliphatic heterocycles. The summed E-state index contributed by atoms with van der Waals surface area (Å²) in [5.41, 5.74) is 3.57. The zero-order valence-electron chi connectivity index (χ0n) is 13.2. The Balaban J connectivity index is 1.95. The number of nitrogens with one attached hydrogen (secondary N) is 1. The van der Waals surface area contributed by atoms with Crippen LogP contribution in [-0.4, -0.2) is 18.2 Å². The standard InChI is InChI=1S/C20H17NO3/c1-24-19-13-15(11-12-16(19)14-7-3-2-4-8-14)21-18-10-6-5-9-17(18)20(22)23/h2-13,21H,1H3,(H,22,23). The van der Waals surface area contributed by atoms with Crippen molar-refractivity contribution >= 4 is 17.3 Å². The lowest BCUT2D eigenvalue weighted by Crippen LogP contribution is -2.02. The van der Waals surface area contributed by atoms with Crippen LogP contribution in [0.15, 0.2) is 72.8 Å². The number of hydrogen-bond acceptors (Lipinski definition) is 3. The fourth-order valence-corrected chi connectivity index (χ4v) is 2.56. The molecule has 2 N–H and O–H groups in total. The van der Waals surface area contributed by atoms with Crippen LogP contribution in [0.25, 0.3) is 11.1 Å². The smallest absolute Gasteiger partial charge is 0.337 e. The number of benzene rings is 3. The molecule has 0 saturated carbocycles. The molecule has 4 nitrogen and oxygen atoms in total. The van der Waals surface area contributed by atoms with Crippen molar-refractivity contribution in [2.45, 2.75) is 0 Å². The van der Waals surface area contributed by atoms with Crippen molar-refractivity contribution in [1.29, 1.82) is 0 Å². The Labute approximate surface area is 140 Å². The first kappa shape index (κ1) is 15.6. The third-order valence-electron chi connectivity index (χ3n) is 3.72. The van der Waals surface area contributed by atoms with Crippen LogP contribution in [0.4, 0.5) is 11.4 Å². The maximum atomic E-state index is 11.3. The first-order valence-corrected chi connectivity index (χ1v) is 7.52. The van der Waals surface area contributed by atoms with Gasteiger partial charge in [-0.25, -0.2) is 4.79 Å². The number of carboxylic acid groups (broad SMARTS) is 1. The molecule has 0 aliphatic carbocycles. The number of rotatable bonds is 5. The van der Waals surface area contributed by atoms with E-state index in [1.54, 1.807) is 31.4 Å². The molecular weight excluding hydrogens is 302 g/mol. The molecule has 0 atom stereocenters. The summed E-state index contributed by atoms with van der Waals surface area (Å²) >= 11 is 0. The molecule has 0 amide bonds. The van der Waals surface area contributed by atoms with Gasteiger partial charge in [-0.05, 0) is 29.8 Å². The summed E-state index contributed by atoms with van der Waals surface area (Å²) in [4.78, 5) is 11.3. The Morgan fingerprint density at radius 3 is 2.38 bits per heavy atom. The lowest BCUT2D eigenvalue weighted by Gasteiger charge is -2.13. The summed E-state index contributed by atoms with van der Waals surface area (Å²) in [6.07, 6.45) is 0. The van der Waals surface area contributed by atoms with Crippen LogP contribution in [-0.2, 0) is 0 Å². The molecular formula is C20H17NO3. The van der Waals surface area contributed by atoms with E-state index in [-0.39, 0.29) is 5.56 Å². The third-order valence-corrected chi connectivity index (χ3v) is 3.72. The number of para-hydroxylation sites is 1. The van der Waals surface area contributed by atoms with Crippen molar-refractivity contribution in [3.8, 4) is 16.9 Å². The minimum Gasteiger partial charge on any atom is -0.496 e. The topological polar surface area (TPSA) is 58.6 Å². The first-order chi connectivity index (χ1) is 11.7. The molecule has 0 fully saturated rings. The van der Waals surface area contributed by atoms with Gasteiger partial charge in [0.2, 0.25) is 0 Å². The van der Waals surface area contributed by atoms with E-state index >= 15 is 0 Å². The van der Waals surface area contributed by atoms with E-state index < -0.39 is 5.97 Å². The van der Waals surface area contributed by atoms with Crippen LogP contribution < -0.4 is 10.1 Å². The Kier molecular flexibility index (Phi) is 4.47. The van der Waals surface area contributed by atoms with Crippen LogP contribution in [0.3, 0.4) is 0 Å². The normalized spacial score (nSPS) is 10.2. The van der Waals surface area contributed by atoms with Gasteiger partial charge in [-0.1, -0.05) is 42.5 Å². The molecule has 0 spiro atoms. The minimum atomic E-state index is -0.967. The fourth-order valence-electron chi connectivity index (χ4n) is 2.56. The summed E-state index contributed by atoms with van der Waals surface area (Å²) in [6.45, 7) is 0. The van der Waals surface area contributed by atoms with Gasteiger partial charge in [-0.15, -0.1) is 0 Å². The lowest BCUT2D eigenvalue weighted by atomic mass is 10.0. The Bertz CT molecular complexity index is 860. The largest absolute Gasteiger partial charge is 0.496 e. The van der Waals surface area contributed by atoms with Crippen molar-refractivity contribution in [2.24, 2.45) is 0 Å². The molecule has 3 rings (SSSR count). The Morgan fingerprint density at radius 1 is 0.958 bits per heavy atom. The molecule has 24 heavy (non-hydrogen) atoms. The van der Waals surface area contributed by atoms with E-state index in [0.29, 0.717) is 5.69 Å². The lowest BCUT2D eigenvalue weighted by molar-refractivity contribution is 0.0698. The molecule has 0 saturated heterocycles. The average molecular weight is 319 g/mol. The molecule has 4 heteroatoms. The molecule has 0 aliphatic rings. The number of ether oxygens (including phenoxy) is 1. The highest BCUT2D eigenvalue weighted by atomic mass is 16.5. The van der Waals surface area contributed by atoms with E-state index in [1.807, 2.05) is 48.5 Å². The van der Waals surface area contributed by atoms with Crippen molar-refractivity contribution in [3.63, 3.8) is 0 Å². The highest BCUT2D eigenvalue weighted by Crippen LogP contribution is 2.33. The van der Waals surface area contributed by atoms with Gasteiger partial charge in [0.1, 0.15) is 5.75 Å². The fraction of sp³-hybridized carbons (Fsp3) is 0.0500. The predicted octanol–water partition coefficient (Wildman–Crippen LogP) is 4.80. The zero-order valence-corrected chi connectivity index (χ0v) is 13.2. The van der Waals surface area contributed by atoms with Gasteiger partial charge in [-0.2, -0.15) is 0 Å². The minimum absolute atomic E-state index is 0.226. The van der Waals surface area contributed by atoms with E-state index in [9.17, 15) is 9.90 Å². The zero-order chi connectivity index (χ0) is 16.9. The number of hydrogen-bond donors (Lipinski definition) is 2. The van der Waals surface area contributed by atoms with Crippen molar-refractivity contribution in [1.82, 2.24) is 0 Å². The molecule has 120 valence electrons. The van der Waals surface area contributed by atoms with Gasteiger partial charge in [0, 0.05) is 17.3 Å². The van der Waals surface area contributed by atoms with Crippen LogP contribution >= 0.6 is 0 Å².